The highest BCUT2D eigenvalue weighted by Gasteiger charge is 2.15. The van der Waals surface area contributed by atoms with E-state index in [9.17, 15) is 4.79 Å². The number of rotatable bonds is 3. The van der Waals surface area contributed by atoms with Gasteiger partial charge >= 0.3 is 0 Å². The maximum atomic E-state index is 11.9. The van der Waals surface area contributed by atoms with Crippen LogP contribution in [0.2, 0.25) is 5.15 Å². The topological polar surface area (TPSA) is 68.0 Å². The van der Waals surface area contributed by atoms with Gasteiger partial charge in [0.05, 0.1) is 17.4 Å². The van der Waals surface area contributed by atoms with Crippen LogP contribution < -0.4 is 11.1 Å². The lowest BCUT2D eigenvalue weighted by Gasteiger charge is -2.17. The Bertz CT molecular complexity index is 393. The SMILES string of the molecule is CC(C)C(C)NC(=O)c1cc(Cl)ncc1N. The number of nitrogens with two attached hydrogens (primary N) is 1. The third-order valence-corrected chi connectivity index (χ3v) is 2.71. The Kier molecular flexibility index (Phi) is 4.12. The van der Waals surface area contributed by atoms with Crippen molar-refractivity contribution in [3.05, 3.63) is 23.0 Å². The fourth-order valence-corrected chi connectivity index (χ4v) is 1.25. The minimum atomic E-state index is -0.219. The second kappa shape index (κ2) is 5.16. The summed E-state index contributed by atoms with van der Waals surface area (Å²) in [4.78, 5) is 15.7. The van der Waals surface area contributed by atoms with Crippen LogP contribution in [-0.4, -0.2) is 16.9 Å². The fraction of sp³-hybridized carbons (Fsp3) is 0.455. The molecule has 0 spiro atoms. The predicted molar refractivity (Wildman–Crippen MR) is 65.4 cm³/mol. The van der Waals surface area contributed by atoms with Crippen molar-refractivity contribution in [1.82, 2.24) is 10.3 Å². The van der Waals surface area contributed by atoms with E-state index in [1.165, 1.54) is 12.3 Å². The molecular formula is C11H16ClN3O. The van der Waals surface area contributed by atoms with Crippen LogP contribution in [-0.2, 0) is 0 Å². The zero-order valence-electron chi connectivity index (χ0n) is 9.62. The summed E-state index contributed by atoms with van der Waals surface area (Å²) in [6, 6.07) is 1.55. The Labute approximate surface area is 100 Å². The fourth-order valence-electron chi connectivity index (χ4n) is 1.09. The molecule has 4 nitrogen and oxygen atoms in total. The molecule has 0 radical (unpaired) electrons. The van der Waals surface area contributed by atoms with Gasteiger partial charge in [-0.3, -0.25) is 4.79 Å². The molecule has 0 saturated heterocycles. The minimum absolute atomic E-state index is 0.0823. The molecule has 0 bridgehead atoms. The number of hydrogen-bond acceptors (Lipinski definition) is 3. The van der Waals surface area contributed by atoms with Crippen molar-refractivity contribution in [2.45, 2.75) is 26.8 Å². The molecule has 3 N–H and O–H groups in total. The number of nitrogens with zero attached hydrogens (tertiary/aromatic N) is 1. The van der Waals surface area contributed by atoms with Crippen LogP contribution in [0, 0.1) is 5.92 Å². The van der Waals surface area contributed by atoms with E-state index in [1.807, 2.05) is 20.8 Å². The molecule has 1 unspecified atom stereocenters. The van der Waals surface area contributed by atoms with E-state index < -0.39 is 0 Å². The standard InChI is InChI=1S/C11H16ClN3O/c1-6(2)7(3)15-11(16)8-4-10(12)14-5-9(8)13/h4-7H,13H2,1-3H3,(H,15,16). The van der Waals surface area contributed by atoms with Crippen LogP contribution in [0.15, 0.2) is 12.3 Å². The molecule has 1 aromatic heterocycles. The number of amides is 1. The highest BCUT2D eigenvalue weighted by atomic mass is 35.5. The van der Waals surface area contributed by atoms with Gasteiger partial charge in [-0.15, -0.1) is 0 Å². The van der Waals surface area contributed by atoms with Gasteiger partial charge in [-0.05, 0) is 18.9 Å². The maximum absolute atomic E-state index is 11.9. The summed E-state index contributed by atoms with van der Waals surface area (Å²) in [7, 11) is 0. The van der Waals surface area contributed by atoms with Crippen LogP contribution >= 0.6 is 11.6 Å². The largest absolute Gasteiger partial charge is 0.397 e. The van der Waals surface area contributed by atoms with Crippen LogP contribution in [0.5, 0.6) is 0 Å². The lowest BCUT2D eigenvalue weighted by molar-refractivity contribution is 0.0931. The lowest BCUT2D eigenvalue weighted by atomic mass is 10.1. The number of nitrogens with one attached hydrogen (secondary N) is 1. The number of hydrogen-bond donors (Lipinski definition) is 2. The maximum Gasteiger partial charge on any atom is 0.253 e. The number of nitrogen functional groups attached to an aromatic ring is 1. The van der Waals surface area contributed by atoms with Crippen LogP contribution in [0.4, 0.5) is 5.69 Å². The van der Waals surface area contributed by atoms with Gasteiger partial charge in [0.15, 0.2) is 0 Å². The van der Waals surface area contributed by atoms with Crippen LogP contribution in [0.1, 0.15) is 31.1 Å². The highest BCUT2D eigenvalue weighted by molar-refractivity contribution is 6.29. The smallest absolute Gasteiger partial charge is 0.253 e. The second-order valence-corrected chi connectivity index (χ2v) is 4.49. The summed E-state index contributed by atoms with van der Waals surface area (Å²) < 4.78 is 0. The van der Waals surface area contributed by atoms with Crippen molar-refractivity contribution in [2.75, 3.05) is 5.73 Å². The second-order valence-electron chi connectivity index (χ2n) is 4.10. The summed E-state index contributed by atoms with van der Waals surface area (Å²) >= 11 is 5.71. The molecule has 1 aromatic rings. The first kappa shape index (κ1) is 12.8. The van der Waals surface area contributed by atoms with Crippen LogP contribution in [0.25, 0.3) is 0 Å². The molecule has 0 fully saturated rings. The predicted octanol–water partition coefficient (Wildman–Crippen LogP) is 2.09. The molecule has 16 heavy (non-hydrogen) atoms. The Hall–Kier alpha value is -1.29. The van der Waals surface area contributed by atoms with Crippen molar-refractivity contribution < 1.29 is 4.79 Å². The first-order valence-corrected chi connectivity index (χ1v) is 5.51. The average molecular weight is 242 g/mol. The van der Waals surface area contributed by atoms with Gasteiger partial charge in [-0.25, -0.2) is 4.98 Å². The number of carbonyl (C=O) groups is 1. The quantitative estimate of drug-likeness (QED) is 0.797. The number of aromatic nitrogens is 1. The molecule has 1 heterocycles. The normalized spacial score (nSPS) is 12.6. The Morgan fingerprint density at radius 2 is 2.12 bits per heavy atom. The van der Waals surface area contributed by atoms with Gasteiger partial charge in [-0.1, -0.05) is 25.4 Å². The third kappa shape index (κ3) is 3.10. The Morgan fingerprint density at radius 3 is 2.69 bits per heavy atom. The molecule has 0 saturated carbocycles. The van der Waals surface area contributed by atoms with E-state index in [0.717, 1.165) is 0 Å². The van der Waals surface area contributed by atoms with E-state index in [-0.39, 0.29) is 17.1 Å². The number of anilines is 1. The van der Waals surface area contributed by atoms with E-state index in [4.69, 9.17) is 17.3 Å². The van der Waals surface area contributed by atoms with Crippen molar-refractivity contribution in [3.63, 3.8) is 0 Å². The van der Waals surface area contributed by atoms with Gasteiger partial charge in [0.1, 0.15) is 5.15 Å². The lowest BCUT2D eigenvalue weighted by Crippen LogP contribution is -2.36. The molecule has 1 amide bonds. The Morgan fingerprint density at radius 1 is 1.50 bits per heavy atom. The van der Waals surface area contributed by atoms with Crippen LogP contribution in [0.3, 0.4) is 0 Å². The molecule has 1 rings (SSSR count). The Balaban J connectivity index is 2.84. The molecule has 0 aliphatic heterocycles. The summed E-state index contributed by atoms with van der Waals surface area (Å²) in [6.07, 6.45) is 1.39. The molecule has 88 valence electrons. The summed E-state index contributed by atoms with van der Waals surface area (Å²) in [6.45, 7) is 6.02. The first-order valence-electron chi connectivity index (χ1n) is 5.13. The zero-order chi connectivity index (χ0) is 12.3. The van der Waals surface area contributed by atoms with Gasteiger partial charge < -0.3 is 11.1 Å². The number of halogens is 1. The van der Waals surface area contributed by atoms with Gasteiger partial charge in [0.25, 0.3) is 5.91 Å². The van der Waals surface area contributed by atoms with Crippen molar-refractivity contribution in [1.29, 1.82) is 0 Å². The molecule has 0 aliphatic carbocycles. The number of carbonyl (C=O) groups excluding carboxylic acids is 1. The minimum Gasteiger partial charge on any atom is -0.397 e. The van der Waals surface area contributed by atoms with Gasteiger partial charge in [0, 0.05) is 6.04 Å². The first-order chi connectivity index (χ1) is 7.41. The van der Waals surface area contributed by atoms with E-state index >= 15 is 0 Å². The summed E-state index contributed by atoms with van der Waals surface area (Å²) in [5, 5.41) is 3.12. The monoisotopic (exact) mass is 241 g/mol. The highest BCUT2D eigenvalue weighted by Crippen LogP contribution is 2.15. The van der Waals surface area contributed by atoms with Crippen molar-refractivity contribution in [2.24, 2.45) is 5.92 Å². The molecule has 1 atom stereocenters. The van der Waals surface area contributed by atoms with Crippen molar-refractivity contribution >= 4 is 23.2 Å². The zero-order valence-corrected chi connectivity index (χ0v) is 10.4. The summed E-state index contributed by atoms with van der Waals surface area (Å²) in [5.41, 5.74) is 6.36. The number of pyridine rings is 1. The average Bonchev–Trinajstić information content (AvgIpc) is 2.21. The van der Waals surface area contributed by atoms with E-state index in [1.54, 1.807) is 0 Å². The molecule has 0 aromatic carbocycles. The molecular weight excluding hydrogens is 226 g/mol. The summed E-state index contributed by atoms with van der Waals surface area (Å²) in [5.74, 6) is 0.144. The van der Waals surface area contributed by atoms with Crippen molar-refractivity contribution in [3.8, 4) is 0 Å². The molecule has 5 heteroatoms. The van der Waals surface area contributed by atoms with Gasteiger partial charge in [0.2, 0.25) is 0 Å². The third-order valence-electron chi connectivity index (χ3n) is 2.50. The van der Waals surface area contributed by atoms with E-state index in [2.05, 4.69) is 10.3 Å². The van der Waals surface area contributed by atoms with E-state index in [0.29, 0.717) is 17.2 Å². The van der Waals surface area contributed by atoms with Gasteiger partial charge in [-0.2, -0.15) is 0 Å². The molecule has 0 aliphatic rings.